The number of hydrogen-bond donors (Lipinski definition) is 1. The van der Waals surface area contributed by atoms with Crippen molar-refractivity contribution in [3.05, 3.63) is 29.8 Å². The second-order valence-electron chi connectivity index (χ2n) is 5.91. The highest BCUT2D eigenvalue weighted by atomic mass is 35.5. The van der Waals surface area contributed by atoms with E-state index >= 15 is 0 Å². The minimum atomic E-state index is 0.0491. The maximum Gasteiger partial charge on any atom is 0.228 e. The number of anilines is 1. The average Bonchev–Trinajstić information content (AvgIpc) is 2.67. The van der Waals surface area contributed by atoms with Gasteiger partial charge in [-0.25, -0.2) is 0 Å². The van der Waals surface area contributed by atoms with Gasteiger partial charge in [0.2, 0.25) is 5.91 Å². The molecule has 0 heterocycles. The Kier molecular flexibility index (Phi) is 6.07. The Balaban J connectivity index is 2.30. The zero-order valence-electron chi connectivity index (χ0n) is 12.7. The third kappa shape index (κ3) is 4.21. The van der Waals surface area contributed by atoms with Gasteiger partial charge in [-0.2, -0.15) is 0 Å². The number of halogens is 1. The summed E-state index contributed by atoms with van der Waals surface area (Å²) in [5.41, 5.74) is 8.49. The van der Waals surface area contributed by atoms with Crippen molar-refractivity contribution in [2.24, 2.45) is 5.73 Å². The van der Waals surface area contributed by atoms with Crippen LogP contribution < -0.4 is 10.6 Å². The molecule has 0 aromatic heterocycles. The van der Waals surface area contributed by atoms with Crippen molar-refractivity contribution in [2.45, 2.75) is 57.5 Å². The summed E-state index contributed by atoms with van der Waals surface area (Å²) in [6.07, 6.45) is 5.82. The number of amides is 1. The van der Waals surface area contributed by atoms with E-state index in [0.717, 1.165) is 31.4 Å². The van der Waals surface area contributed by atoms with E-state index in [-0.39, 0.29) is 18.0 Å². The molecule has 0 bridgehead atoms. The maximum atomic E-state index is 12.6. The van der Waals surface area contributed by atoms with Crippen molar-refractivity contribution in [3.63, 3.8) is 0 Å². The van der Waals surface area contributed by atoms with Crippen LogP contribution in [0.3, 0.4) is 0 Å². The summed E-state index contributed by atoms with van der Waals surface area (Å²) in [5.74, 6) is 0.430. The predicted octanol–water partition coefficient (Wildman–Crippen LogP) is 3.62. The molecule has 1 aromatic rings. The lowest BCUT2D eigenvalue weighted by molar-refractivity contribution is -0.118. The predicted molar refractivity (Wildman–Crippen MR) is 88.9 cm³/mol. The summed E-state index contributed by atoms with van der Waals surface area (Å²) < 4.78 is 0. The van der Waals surface area contributed by atoms with Gasteiger partial charge in [-0.3, -0.25) is 4.79 Å². The Labute approximate surface area is 132 Å². The van der Waals surface area contributed by atoms with Crippen LogP contribution in [-0.2, 0) is 4.79 Å². The molecule has 0 spiro atoms. The first kappa shape index (κ1) is 16.3. The van der Waals surface area contributed by atoms with E-state index in [4.69, 9.17) is 17.3 Å². The van der Waals surface area contributed by atoms with Crippen LogP contribution in [0, 0.1) is 6.92 Å². The summed E-state index contributed by atoms with van der Waals surface area (Å²) in [4.78, 5) is 14.5. The van der Waals surface area contributed by atoms with Crippen molar-refractivity contribution in [1.29, 1.82) is 0 Å². The van der Waals surface area contributed by atoms with Crippen LogP contribution in [-0.4, -0.2) is 23.9 Å². The molecule has 3 nitrogen and oxygen atoms in total. The second-order valence-corrected chi connectivity index (χ2v) is 6.29. The van der Waals surface area contributed by atoms with Gasteiger partial charge in [0.15, 0.2) is 0 Å². The zero-order valence-corrected chi connectivity index (χ0v) is 13.5. The van der Waals surface area contributed by atoms with Gasteiger partial charge < -0.3 is 10.6 Å². The van der Waals surface area contributed by atoms with E-state index in [2.05, 4.69) is 0 Å². The molecule has 1 aliphatic rings. The molecule has 1 fully saturated rings. The quantitative estimate of drug-likeness (QED) is 0.682. The summed E-state index contributed by atoms with van der Waals surface area (Å²) in [5, 5.41) is 0. The number of nitrogens with zero attached hydrogens (tertiary/aromatic N) is 1. The number of nitrogens with two attached hydrogens (primary N) is 1. The Bertz CT molecular complexity index is 460. The number of carbonyl (C=O) groups is 1. The zero-order chi connectivity index (χ0) is 15.2. The molecule has 1 aromatic carbocycles. The van der Waals surface area contributed by atoms with Crippen molar-refractivity contribution in [3.8, 4) is 0 Å². The van der Waals surface area contributed by atoms with Crippen LogP contribution in [0.1, 0.15) is 44.1 Å². The van der Waals surface area contributed by atoms with E-state index < -0.39 is 0 Å². The average molecular weight is 309 g/mol. The number of carbonyl (C=O) groups excluding carboxylic acids is 1. The van der Waals surface area contributed by atoms with E-state index in [1.54, 1.807) is 0 Å². The first-order valence-corrected chi connectivity index (χ1v) is 8.37. The summed E-state index contributed by atoms with van der Waals surface area (Å²) >= 11 is 5.78. The molecule has 1 amide bonds. The normalized spacial score (nSPS) is 22.6. The van der Waals surface area contributed by atoms with Gasteiger partial charge in [-0.1, -0.05) is 37.0 Å². The smallest absolute Gasteiger partial charge is 0.228 e. The molecular formula is C17H25ClN2O. The third-order valence-corrected chi connectivity index (χ3v) is 4.44. The van der Waals surface area contributed by atoms with Crippen LogP contribution >= 0.6 is 11.6 Å². The van der Waals surface area contributed by atoms with E-state index in [0.29, 0.717) is 12.3 Å². The van der Waals surface area contributed by atoms with Gasteiger partial charge in [-0.15, -0.1) is 11.6 Å². The van der Waals surface area contributed by atoms with Crippen molar-refractivity contribution < 1.29 is 4.79 Å². The molecule has 0 radical (unpaired) electrons. The van der Waals surface area contributed by atoms with Gasteiger partial charge in [0.1, 0.15) is 0 Å². The van der Waals surface area contributed by atoms with Gasteiger partial charge >= 0.3 is 0 Å². The Morgan fingerprint density at radius 1 is 1.24 bits per heavy atom. The lowest BCUT2D eigenvalue weighted by Gasteiger charge is -2.35. The van der Waals surface area contributed by atoms with Crippen molar-refractivity contribution in [1.82, 2.24) is 0 Å². The largest absolute Gasteiger partial charge is 0.326 e. The first-order chi connectivity index (χ1) is 10.1. The molecule has 2 rings (SSSR count). The summed E-state index contributed by atoms with van der Waals surface area (Å²) in [6.45, 7) is 2.05. The minimum Gasteiger partial charge on any atom is -0.326 e. The fraction of sp³-hybridized carbons (Fsp3) is 0.588. The van der Waals surface area contributed by atoms with Gasteiger partial charge in [0.25, 0.3) is 0 Å². The molecule has 2 atom stereocenters. The molecule has 1 saturated carbocycles. The molecular weight excluding hydrogens is 284 g/mol. The van der Waals surface area contributed by atoms with Gasteiger partial charge in [-0.05, 0) is 31.9 Å². The summed E-state index contributed by atoms with van der Waals surface area (Å²) in [6, 6.07) is 8.24. The maximum absolute atomic E-state index is 12.6. The topological polar surface area (TPSA) is 46.3 Å². The van der Waals surface area contributed by atoms with E-state index in [1.165, 1.54) is 12.0 Å². The first-order valence-electron chi connectivity index (χ1n) is 7.83. The molecule has 0 aliphatic heterocycles. The number of aryl methyl sites for hydroxylation is 1. The number of hydrogen-bond acceptors (Lipinski definition) is 2. The number of alkyl halides is 1. The van der Waals surface area contributed by atoms with Gasteiger partial charge in [0, 0.05) is 24.0 Å². The van der Waals surface area contributed by atoms with E-state index in [1.807, 2.05) is 36.1 Å². The Morgan fingerprint density at radius 3 is 2.57 bits per heavy atom. The van der Waals surface area contributed by atoms with Crippen LogP contribution in [0.4, 0.5) is 5.69 Å². The molecule has 21 heavy (non-hydrogen) atoms. The van der Waals surface area contributed by atoms with Crippen molar-refractivity contribution in [2.75, 3.05) is 10.8 Å². The van der Waals surface area contributed by atoms with Crippen LogP contribution in [0.2, 0.25) is 0 Å². The Hall–Kier alpha value is -1.06. The van der Waals surface area contributed by atoms with Crippen molar-refractivity contribution >= 4 is 23.2 Å². The lowest BCUT2D eigenvalue weighted by Crippen LogP contribution is -2.50. The highest BCUT2D eigenvalue weighted by Crippen LogP contribution is 2.27. The monoisotopic (exact) mass is 308 g/mol. The SMILES string of the molecule is Cc1ccc(N(C(=O)CCCl)C2CCCCCC2N)cc1. The van der Waals surface area contributed by atoms with Gasteiger partial charge in [0.05, 0.1) is 6.04 Å². The minimum absolute atomic E-state index is 0.0491. The second kappa shape index (κ2) is 7.81. The van der Waals surface area contributed by atoms with Crippen LogP contribution in [0.5, 0.6) is 0 Å². The Morgan fingerprint density at radius 2 is 1.90 bits per heavy atom. The molecule has 2 N–H and O–H groups in total. The molecule has 1 aliphatic carbocycles. The van der Waals surface area contributed by atoms with Crippen LogP contribution in [0.15, 0.2) is 24.3 Å². The fourth-order valence-corrected chi connectivity index (χ4v) is 3.23. The standard InChI is InChI=1S/C17H25ClN2O/c1-13-7-9-14(10-8-13)20(17(21)11-12-18)16-6-4-2-3-5-15(16)19/h7-10,15-16H,2-6,11-12,19H2,1H3. The van der Waals surface area contributed by atoms with Crippen LogP contribution in [0.25, 0.3) is 0 Å². The highest BCUT2D eigenvalue weighted by molar-refractivity contribution is 6.19. The molecule has 0 saturated heterocycles. The fourth-order valence-electron chi connectivity index (χ4n) is 3.06. The molecule has 4 heteroatoms. The number of rotatable bonds is 4. The molecule has 116 valence electrons. The molecule has 2 unspecified atom stereocenters. The van der Waals surface area contributed by atoms with E-state index in [9.17, 15) is 4.79 Å². The summed E-state index contributed by atoms with van der Waals surface area (Å²) in [7, 11) is 0. The lowest BCUT2D eigenvalue weighted by atomic mass is 10.0. The number of benzene rings is 1. The highest BCUT2D eigenvalue weighted by Gasteiger charge is 2.30. The third-order valence-electron chi connectivity index (χ3n) is 4.25.